The van der Waals surface area contributed by atoms with Crippen LogP contribution in [-0.4, -0.2) is 13.1 Å². The fraction of sp³-hybridized carbons (Fsp3) is 1.00. The summed E-state index contributed by atoms with van der Waals surface area (Å²) in [7, 11) is 0. The Morgan fingerprint density at radius 1 is 1.21 bits per heavy atom. The van der Waals surface area contributed by atoms with E-state index in [1.807, 2.05) is 0 Å². The molecule has 82 valence electrons. The highest BCUT2D eigenvalue weighted by atomic mass is 14.9. The molecule has 2 rings (SSSR count). The van der Waals surface area contributed by atoms with Crippen LogP contribution in [-0.2, 0) is 0 Å². The molecule has 4 unspecified atom stereocenters. The molecule has 2 fully saturated rings. The van der Waals surface area contributed by atoms with Gasteiger partial charge in [0.25, 0.3) is 0 Å². The topological polar surface area (TPSA) is 12.0 Å². The van der Waals surface area contributed by atoms with Gasteiger partial charge in [-0.15, -0.1) is 0 Å². The molecular formula is C13H25N. The summed E-state index contributed by atoms with van der Waals surface area (Å²) >= 11 is 0. The van der Waals surface area contributed by atoms with E-state index in [0.717, 1.165) is 29.7 Å². The van der Waals surface area contributed by atoms with Crippen LogP contribution >= 0.6 is 0 Å². The summed E-state index contributed by atoms with van der Waals surface area (Å²) in [6.07, 6.45) is 6.00. The summed E-state index contributed by atoms with van der Waals surface area (Å²) in [5.41, 5.74) is 0.786. The summed E-state index contributed by atoms with van der Waals surface area (Å²) in [6.45, 7) is 9.50. The summed E-state index contributed by atoms with van der Waals surface area (Å²) in [5, 5.41) is 3.51. The van der Waals surface area contributed by atoms with Crippen LogP contribution in [0.25, 0.3) is 0 Å². The quantitative estimate of drug-likeness (QED) is 0.730. The van der Waals surface area contributed by atoms with Crippen LogP contribution < -0.4 is 5.32 Å². The number of rotatable bonds is 3. The molecule has 0 radical (unpaired) electrons. The molecule has 2 aliphatic carbocycles. The van der Waals surface area contributed by atoms with Crippen molar-refractivity contribution in [1.82, 2.24) is 5.32 Å². The first kappa shape index (κ1) is 10.5. The van der Waals surface area contributed by atoms with E-state index in [1.165, 1.54) is 32.2 Å². The van der Waals surface area contributed by atoms with Crippen molar-refractivity contribution in [2.75, 3.05) is 13.1 Å². The molecule has 0 aromatic carbocycles. The minimum Gasteiger partial charge on any atom is -0.317 e. The van der Waals surface area contributed by atoms with Crippen molar-refractivity contribution in [3.05, 3.63) is 0 Å². The highest BCUT2D eigenvalue weighted by molar-refractivity contribution is 5.05. The second-order valence-corrected chi connectivity index (χ2v) is 5.77. The third-order valence-electron chi connectivity index (χ3n) is 4.80. The SMILES string of the molecule is CCNCC1CC12CCC(C)C(C)C2. The molecule has 0 heterocycles. The van der Waals surface area contributed by atoms with Crippen LogP contribution in [0.4, 0.5) is 0 Å². The molecule has 0 amide bonds. The zero-order valence-electron chi connectivity index (χ0n) is 9.97. The van der Waals surface area contributed by atoms with Crippen molar-refractivity contribution < 1.29 is 0 Å². The summed E-state index contributed by atoms with van der Waals surface area (Å²) in [6, 6.07) is 0. The molecular weight excluding hydrogens is 170 g/mol. The van der Waals surface area contributed by atoms with Gasteiger partial charge in [0, 0.05) is 0 Å². The summed E-state index contributed by atoms with van der Waals surface area (Å²) in [4.78, 5) is 0. The van der Waals surface area contributed by atoms with Crippen molar-refractivity contribution in [3.8, 4) is 0 Å². The van der Waals surface area contributed by atoms with Gasteiger partial charge in [0.15, 0.2) is 0 Å². The molecule has 0 aromatic rings. The lowest BCUT2D eigenvalue weighted by Crippen LogP contribution is -2.26. The van der Waals surface area contributed by atoms with Gasteiger partial charge in [-0.25, -0.2) is 0 Å². The number of hydrogen-bond acceptors (Lipinski definition) is 1. The van der Waals surface area contributed by atoms with Gasteiger partial charge in [-0.3, -0.25) is 0 Å². The third kappa shape index (κ3) is 1.84. The summed E-state index contributed by atoms with van der Waals surface area (Å²) in [5.74, 6) is 2.95. The standard InChI is InChI=1S/C13H25N/c1-4-14-9-12-8-13(12)6-5-10(2)11(3)7-13/h10-12,14H,4-9H2,1-3H3. The first-order valence-electron chi connectivity index (χ1n) is 6.38. The van der Waals surface area contributed by atoms with Crippen molar-refractivity contribution in [2.45, 2.75) is 46.5 Å². The molecule has 0 aromatic heterocycles. The van der Waals surface area contributed by atoms with Crippen LogP contribution in [0.3, 0.4) is 0 Å². The van der Waals surface area contributed by atoms with Crippen molar-refractivity contribution >= 4 is 0 Å². The second kappa shape index (κ2) is 3.84. The van der Waals surface area contributed by atoms with Gasteiger partial charge in [0.05, 0.1) is 0 Å². The van der Waals surface area contributed by atoms with Gasteiger partial charge in [-0.2, -0.15) is 0 Å². The van der Waals surface area contributed by atoms with E-state index in [1.54, 1.807) is 0 Å². The predicted molar refractivity (Wildman–Crippen MR) is 61.3 cm³/mol. The molecule has 0 saturated heterocycles. The van der Waals surface area contributed by atoms with Crippen LogP contribution in [0.15, 0.2) is 0 Å². The Labute approximate surface area is 88.7 Å². The number of nitrogens with one attached hydrogen (secondary N) is 1. The Morgan fingerprint density at radius 2 is 2.00 bits per heavy atom. The molecule has 0 bridgehead atoms. The zero-order valence-corrected chi connectivity index (χ0v) is 9.97. The fourth-order valence-electron chi connectivity index (χ4n) is 3.34. The maximum Gasteiger partial charge on any atom is -0.00151 e. The Morgan fingerprint density at radius 3 is 2.64 bits per heavy atom. The predicted octanol–water partition coefficient (Wildman–Crippen LogP) is 3.06. The maximum absolute atomic E-state index is 3.51. The van der Waals surface area contributed by atoms with E-state index in [-0.39, 0.29) is 0 Å². The van der Waals surface area contributed by atoms with Crippen molar-refractivity contribution in [3.63, 3.8) is 0 Å². The molecule has 4 atom stereocenters. The van der Waals surface area contributed by atoms with E-state index >= 15 is 0 Å². The lowest BCUT2D eigenvalue weighted by molar-refractivity contribution is 0.178. The van der Waals surface area contributed by atoms with Crippen LogP contribution in [0.5, 0.6) is 0 Å². The lowest BCUT2D eigenvalue weighted by Gasteiger charge is -2.33. The normalized spacial score (nSPS) is 46.9. The largest absolute Gasteiger partial charge is 0.317 e. The summed E-state index contributed by atoms with van der Waals surface area (Å²) < 4.78 is 0. The molecule has 1 N–H and O–H groups in total. The van der Waals surface area contributed by atoms with Crippen molar-refractivity contribution in [2.24, 2.45) is 23.2 Å². The van der Waals surface area contributed by atoms with Gasteiger partial charge in [-0.1, -0.05) is 20.8 Å². The second-order valence-electron chi connectivity index (χ2n) is 5.77. The van der Waals surface area contributed by atoms with Crippen molar-refractivity contribution in [1.29, 1.82) is 0 Å². The van der Waals surface area contributed by atoms with Crippen LogP contribution in [0.2, 0.25) is 0 Å². The monoisotopic (exact) mass is 195 g/mol. The highest BCUT2D eigenvalue weighted by Gasteiger charge is 2.55. The van der Waals surface area contributed by atoms with Gasteiger partial charge in [-0.05, 0) is 61.9 Å². The van der Waals surface area contributed by atoms with E-state index in [4.69, 9.17) is 0 Å². The van der Waals surface area contributed by atoms with Gasteiger partial charge >= 0.3 is 0 Å². The minimum atomic E-state index is 0.786. The Bertz CT molecular complexity index is 201. The van der Waals surface area contributed by atoms with Gasteiger partial charge in [0.2, 0.25) is 0 Å². The Hall–Kier alpha value is -0.0400. The molecule has 1 nitrogen and oxygen atoms in total. The molecule has 1 spiro atoms. The lowest BCUT2D eigenvalue weighted by atomic mass is 9.73. The molecule has 1 heteroatoms. The molecule has 14 heavy (non-hydrogen) atoms. The molecule has 2 saturated carbocycles. The molecule has 2 aliphatic rings. The average Bonchev–Trinajstić information content (AvgIpc) is 2.83. The first-order valence-corrected chi connectivity index (χ1v) is 6.38. The van der Waals surface area contributed by atoms with Crippen LogP contribution in [0, 0.1) is 23.2 Å². The third-order valence-corrected chi connectivity index (χ3v) is 4.80. The highest BCUT2D eigenvalue weighted by Crippen LogP contribution is 2.62. The number of hydrogen-bond donors (Lipinski definition) is 1. The molecule has 0 aliphatic heterocycles. The Kier molecular flexibility index (Phi) is 2.88. The van der Waals surface area contributed by atoms with Gasteiger partial charge in [0.1, 0.15) is 0 Å². The van der Waals surface area contributed by atoms with E-state index in [2.05, 4.69) is 26.1 Å². The minimum absolute atomic E-state index is 0.786. The zero-order chi connectivity index (χ0) is 10.2. The smallest absolute Gasteiger partial charge is 0.00151 e. The van der Waals surface area contributed by atoms with Crippen LogP contribution in [0.1, 0.15) is 46.5 Å². The first-order chi connectivity index (χ1) is 6.68. The Balaban J connectivity index is 1.82. The van der Waals surface area contributed by atoms with E-state index < -0.39 is 0 Å². The average molecular weight is 195 g/mol. The van der Waals surface area contributed by atoms with Gasteiger partial charge < -0.3 is 5.32 Å². The fourth-order valence-corrected chi connectivity index (χ4v) is 3.34. The van der Waals surface area contributed by atoms with E-state index in [0.29, 0.717) is 0 Å². The maximum atomic E-state index is 3.51. The van der Waals surface area contributed by atoms with E-state index in [9.17, 15) is 0 Å².